The highest BCUT2D eigenvalue weighted by Crippen LogP contribution is 2.17. The molecule has 1 N–H and O–H groups in total. The molecule has 2 heterocycles. The lowest BCUT2D eigenvalue weighted by Gasteiger charge is -2.21. The van der Waals surface area contributed by atoms with Crippen molar-refractivity contribution in [2.24, 2.45) is 5.92 Å². The van der Waals surface area contributed by atoms with E-state index in [0.717, 1.165) is 29.7 Å². The van der Waals surface area contributed by atoms with Crippen molar-refractivity contribution in [2.45, 2.75) is 12.8 Å². The van der Waals surface area contributed by atoms with E-state index >= 15 is 0 Å². The van der Waals surface area contributed by atoms with Crippen LogP contribution in [0.3, 0.4) is 0 Å². The Balaban J connectivity index is 1.93. The average Bonchev–Trinajstić information content (AvgIpc) is 2.33. The zero-order valence-electron chi connectivity index (χ0n) is 8.78. The Morgan fingerprint density at radius 1 is 1.56 bits per heavy atom. The number of anilines is 1. The van der Waals surface area contributed by atoms with Gasteiger partial charge >= 0.3 is 0 Å². The molecule has 1 unspecified atom stereocenters. The minimum absolute atomic E-state index is 0.0174. The van der Waals surface area contributed by atoms with E-state index in [1.807, 2.05) is 6.07 Å². The van der Waals surface area contributed by atoms with Gasteiger partial charge in [0.25, 0.3) is 0 Å². The first-order chi connectivity index (χ1) is 7.75. The minimum atomic E-state index is -0.0302. The van der Waals surface area contributed by atoms with Crippen LogP contribution in [0.1, 0.15) is 12.8 Å². The van der Waals surface area contributed by atoms with Gasteiger partial charge in [-0.25, -0.2) is 4.98 Å². The summed E-state index contributed by atoms with van der Waals surface area (Å²) < 4.78 is 6.03. The van der Waals surface area contributed by atoms with E-state index in [1.54, 1.807) is 12.3 Å². The van der Waals surface area contributed by atoms with Crippen LogP contribution in [-0.4, -0.2) is 24.1 Å². The smallest absolute Gasteiger partial charge is 0.229 e. The number of carbonyl (C=O) groups is 1. The highest BCUT2D eigenvalue weighted by Gasteiger charge is 2.21. The van der Waals surface area contributed by atoms with Gasteiger partial charge in [-0.05, 0) is 40.9 Å². The van der Waals surface area contributed by atoms with Crippen molar-refractivity contribution in [2.75, 3.05) is 18.5 Å². The molecule has 2 rings (SSSR count). The first-order valence-corrected chi connectivity index (χ1v) is 6.05. The van der Waals surface area contributed by atoms with E-state index in [2.05, 4.69) is 26.2 Å². The molecule has 0 radical (unpaired) electrons. The molecular formula is C11H13BrN2O2. The van der Waals surface area contributed by atoms with Crippen LogP contribution in [0.4, 0.5) is 5.69 Å². The predicted octanol–water partition coefficient (Wildman–Crippen LogP) is 2.21. The van der Waals surface area contributed by atoms with Crippen molar-refractivity contribution in [3.05, 3.63) is 22.9 Å². The summed E-state index contributed by atoms with van der Waals surface area (Å²) in [5.74, 6) is -0.0128. The zero-order valence-corrected chi connectivity index (χ0v) is 10.4. The van der Waals surface area contributed by atoms with Crippen molar-refractivity contribution < 1.29 is 9.53 Å². The number of carbonyl (C=O) groups excluding carboxylic acids is 1. The average molecular weight is 285 g/mol. The van der Waals surface area contributed by atoms with E-state index in [4.69, 9.17) is 4.74 Å². The fourth-order valence-electron chi connectivity index (χ4n) is 1.64. The number of aromatic nitrogens is 1. The normalized spacial score (nSPS) is 20.4. The number of rotatable bonds is 2. The summed E-state index contributed by atoms with van der Waals surface area (Å²) in [5.41, 5.74) is 0.721. The highest BCUT2D eigenvalue weighted by molar-refractivity contribution is 9.10. The lowest BCUT2D eigenvalue weighted by molar-refractivity contribution is -0.123. The summed E-state index contributed by atoms with van der Waals surface area (Å²) in [4.78, 5) is 15.9. The third-order valence-corrected chi connectivity index (χ3v) is 3.00. The Bertz CT molecular complexity index is 361. The van der Waals surface area contributed by atoms with Crippen molar-refractivity contribution >= 4 is 27.5 Å². The van der Waals surface area contributed by atoms with E-state index in [-0.39, 0.29) is 11.8 Å². The summed E-state index contributed by atoms with van der Waals surface area (Å²) in [5, 5.41) is 2.84. The second-order valence-electron chi connectivity index (χ2n) is 3.77. The van der Waals surface area contributed by atoms with E-state index < -0.39 is 0 Å². The topological polar surface area (TPSA) is 51.2 Å². The molecule has 1 fully saturated rings. The third-order valence-electron chi connectivity index (χ3n) is 2.53. The van der Waals surface area contributed by atoms with Crippen molar-refractivity contribution in [3.8, 4) is 0 Å². The quantitative estimate of drug-likeness (QED) is 0.848. The van der Waals surface area contributed by atoms with Gasteiger partial charge in [-0.15, -0.1) is 0 Å². The van der Waals surface area contributed by atoms with Gasteiger partial charge in [-0.3, -0.25) is 4.79 Å². The first kappa shape index (κ1) is 11.5. The molecule has 1 saturated heterocycles. The maximum absolute atomic E-state index is 11.8. The molecule has 1 aliphatic heterocycles. The Morgan fingerprint density at radius 2 is 2.44 bits per heavy atom. The van der Waals surface area contributed by atoms with E-state index in [1.165, 1.54) is 0 Å². The first-order valence-electron chi connectivity index (χ1n) is 5.26. The standard InChI is InChI=1S/C11H13BrN2O2/c12-10-4-3-9(6-13-10)14-11(15)8-2-1-5-16-7-8/h3-4,6,8H,1-2,5,7H2,(H,14,15). The lowest BCUT2D eigenvalue weighted by Crippen LogP contribution is -2.30. The molecule has 0 aliphatic carbocycles. The van der Waals surface area contributed by atoms with Gasteiger partial charge in [0.1, 0.15) is 4.60 Å². The Kier molecular flexibility index (Phi) is 3.90. The largest absolute Gasteiger partial charge is 0.381 e. The van der Waals surface area contributed by atoms with Gasteiger partial charge in [0.2, 0.25) is 5.91 Å². The minimum Gasteiger partial charge on any atom is -0.381 e. The fourth-order valence-corrected chi connectivity index (χ4v) is 1.88. The zero-order chi connectivity index (χ0) is 11.4. The van der Waals surface area contributed by atoms with Crippen molar-refractivity contribution in [1.82, 2.24) is 4.98 Å². The van der Waals surface area contributed by atoms with E-state index in [0.29, 0.717) is 6.61 Å². The molecule has 86 valence electrons. The Labute approximate surface area is 103 Å². The molecule has 1 atom stereocenters. The molecule has 0 aromatic carbocycles. The molecule has 1 aliphatic rings. The number of hydrogen-bond acceptors (Lipinski definition) is 3. The molecule has 1 amide bonds. The molecule has 0 bridgehead atoms. The maximum Gasteiger partial charge on any atom is 0.229 e. The number of ether oxygens (including phenoxy) is 1. The molecular weight excluding hydrogens is 272 g/mol. The molecule has 4 nitrogen and oxygen atoms in total. The fraction of sp³-hybridized carbons (Fsp3) is 0.455. The number of hydrogen-bond donors (Lipinski definition) is 1. The molecule has 1 aromatic rings. The number of halogens is 1. The molecule has 0 spiro atoms. The SMILES string of the molecule is O=C(Nc1ccc(Br)nc1)C1CCCOC1. The lowest BCUT2D eigenvalue weighted by atomic mass is 10.0. The van der Waals surface area contributed by atoms with Gasteiger partial charge in [0.15, 0.2) is 0 Å². The number of amides is 1. The number of nitrogens with one attached hydrogen (secondary N) is 1. The monoisotopic (exact) mass is 284 g/mol. The van der Waals surface area contributed by atoms with Crippen LogP contribution in [0.2, 0.25) is 0 Å². The maximum atomic E-state index is 11.8. The second kappa shape index (κ2) is 5.41. The number of nitrogens with zero attached hydrogens (tertiary/aromatic N) is 1. The van der Waals surface area contributed by atoms with Crippen LogP contribution in [-0.2, 0) is 9.53 Å². The summed E-state index contributed by atoms with van der Waals surface area (Å²) in [6.45, 7) is 1.29. The second-order valence-corrected chi connectivity index (χ2v) is 4.59. The van der Waals surface area contributed by atoms with Crippen molar-refractivity contribution in [3.63, 3.8) is 0 Å². The Hall–Kier alpha value is -0.940. The third kappa shape index (κ3) is 3.02. The van der Waals surface area contributed by atoms with Gasteiger partial charge in [-0.1, -0.05) is 0 Å². The van der Waals surface area contributed by atoms with Gasteiger partial charge < -0.3 is 10.1 Å². The van der Waals surface area contributed by atoms with Crippen LogP contribution in [0, 0.1) is 5.92 Å². The predicted molar refractivity (Wildman–Crippen MR) is 64.1 cm³/mol. The van der Waals surface area contributed by atoms with Gasteiger partial charge in [0.05, 0.1) is 24.4 Å². The highest BCUT2D eigenvalue weighted by atomic mass is 79.9. The number of pyridine rings is 1. The van der Waals surface area contributed by atoms with Crippen LogP contribution in [0.5, 0.6) is 0 Å². The molecule has 5 heteroatoms. The van der Waals surface area contributed by atoms with Crippen LogP contribution in [0.25, 0.3) is 0 Å². The van der Waals surface area contributed by atoms with Crippen LogP contribution in [0.15, 0.2) is 22.9 Å². The Morgan fingerprint density at radius 3 is 3.06 bits per heavy atom. The molecule has 0 saturated carbocycles. The summed E-state index contributed by atoms with van der Waals surface area (Å²) >= 11 is 3.24. The molecule has 1 aromatic heterocycles. The summed E-state index contributed by atoms with van der Waals surface area (Å²) in [6.07, 6.45) is 3.48. The molecule has 16 heavy (non-hydrogen) atoms. The van der Waals surface area contributed by atoms with Crippen molar-refractivity contribution in [1.29, 1.82) is 0 Å². The van der Waals surface area contributed by atoms with E-state index in [9.17, 15) is 4.79 Å². The van der Waals surface area contributed by atoms with Crippen LogP contribution < -0.4 is 5.32 Å². The summed E-state index contributed by atoms with van der Waals surface area (Å²) in [6, 6.07) is 3.62. The van der Waals surface area contributed by atoms with Gasteiger partial charge in [0, 0.05) is 6.61 Å². The summed E-state index contributed by atoms with van der Waals surface area (Å²) in [7, 11) is 0. The van der Waals surface area contributed by atoms with Crippen LogP contribution >= 0.6 is 15.9 Å². The van der Waals surface area contributed by atoms with Gasteiger partial charge in [-0.2, -0.15) is 0 Å².